The van der Waals surface area contributed by atoms with E-state index >= 15 is 0 Å². The Morgan fingerprint density at radius 3 is 2.21 bits per heavy atom. The summed E-state index contributed by atoms with van der Waals surface area (Å²) in [6.07, 6.45) is 0.775. The molecule has 2 rings (SSSR count). The van der Waals surface area contributed by atoms with Crippen LogP contribution in [-0.2, 0) is 5.60 Å². The number of nitrogens with zero attached hydrogens (tertiary/aromatic N) is 2. The number of hydrazone groups is 1. The van der Waals surface area contributed by atoms with Crippen molar-refractivity contribution in [2.24, 2.45) is 16.9 Å². The maximum absolute atomic E-state index is 12.6. The van der Waals surface area contributed by atoms with Gasteiger partial charge in [0.15, 0.2) is 17.1 Å². The van der Waals surface area contributed by atoms with Crippen LogP contribution in [0.3, 0.4) is 0 Å². The third-order valence-electron chi connectivity index (χ3n) is 4.08. The van der Waals surface area contributed by atoms with Crippen molar-refractivity contribution in [2.75, 3.05) is 0 Å². The van der Waals surface area contributed by atoms with E-state index in [2.05, 4.69) is 19.6 Å². The van der Waals surface area contributed by atoms with Crippen LogP contribution in [-0.4, -0.2) is 35.2 Å². The summed E-state index contributed by atoms with van der Waals surface area (Å²) in [5.41, 5.74) is -1.91. The smallest absolute Gasteiger partial charge is 0.387 e. The van der Waals surface area contributed by atoms with E-state index in [9.17, 15) is 22.7 Å². The van der Waals surface area contributed by atoms with Gasteiger partial charge in [-0.3, -0.25) is 0 Å². The Hall–Kier alpha value is -2.95. The molecule has 1 heterocycles. The van der Waals surface area contributed by atoms with Crippen LogP contribution in [0.1, 0.15) is 19.5 Å². The van der Waals surface area contributed by atoms with Gasteiger partial charge < -0.3 is 25.8 Å². The molecular weight excluding hydrogens is 384 g/mol. The fourth-order valence-electron chi connectivity index (χ4n) is 2.69. The average molecular weight is 402 g/mol. The number of alkyl halides is 4. The minimum atomic E-state index is -3.28. The Labute approximate surface area is 157 Å². The minimum Gasteiger partial charge on any atom is -0.431 e. The molecule has 0 saturated carbocycles. The largest absolute Gasteiger partial charge is 0.431 e. The highest BCUT2D eigenvalue weighted by Gasteiger charge is 2.39. The Morgan fingerprint density at radius 1 is 1.18 bits per heavy atom. The van der Waals surface area contributed by atoms with Crippen LogP contribution in [0, 0.1) is 11.3 Å². The van der Waals surface area contributed by atoms with Crippen LogP contribution >= 0.6 is 0 Å². The number of rotatable bonds is 8. The molecule has 1 aromatic heterocycles. The fourth-order valence-corrected chi connectivity index (χ4v) is 2.69. The van der Waals surface area contributed by atoms with Crippen molar-refractivity contribution in [3.63, 3.8) is 0 Å². The second-order valence-electron chi connectivity index (χ2n) is 6.02. The molecule has 0 spiro atoms. The van der Waals surface area contributed by atoms with Gasteiger partial charge in [0.2, 0.25) is 0 Å². The molecule has 0 aliphatic heterocycles. The third kappa shape index (κ3) is 4.14. The van der Waals surface area contributed by atoms with Crippen molar-refractivity contribution in [1.29, 1.82) is 5.41 Å². The number of nitrogens with one attached hydrogen (secondary N) is 1. The van der Waals surface area contributed by atoms with E-state index in [0.29, 0.717) is 0 Å². The Balaban J connectivity index is 2.67. The lowest BCUT2D eigenvalue weighted by atomic mass is 9.82. The Kier molecular flexibility index (Phi) is 6.39. The summed E-state index contributed by atoms with van der Waals surface area (Å²) in [4.78, 5) is 4.22. The van der Waals surface area contributed by atoms with Crippen molar-refractivity contribution in [3.05, 3.63) is 30.0 Å². The van der Waals surface area contributed by atoms with Crippen molar-refractivity contribution in [3.8, 4) is 11.5 Å². The number of aliphatic hydroxyl groups is 1. The standard InChI is InChI=1S/C17H18F4N4O3/c1-8(2)17(26,14(7-22)25-23)13-4-3-9-5-11(27-15(18)19)12(28-16(20)21)6-10(9)24-13/h3-8,15-16,22,26H,23H2,1-2H3. The summed E-state index contributed by atoms with van der Waals surface area (Å²) in [7, 11) is 0. The van der Waals surface area contributed by atoms with Crippen molar-refractivity contribution in [1.82, 2.24) is 4.98 Å². The second-order valence-corrected chi connectivity index (χ2v) is 6.02. The molecule has 0 fully saturated rings. The highest BCUT2D eigenvalue weighted by atomic mass is 19.3. The molecule has 0 bridgehead atoms. The van der Waals surface area contributed by atoms with E-state index in [-0.39, 0.29) is 22.3 Å². The highest BCUT2D eigenvalue weighted by molar-refractivity contribution is 6.33. The zero-order valence-electron chi connectivity index (χ0n) is 14.9. The quantitative estimate of drug-likeness (QED) is 0.271. The van der Waals surface area contributed by atoms with Crippen LogP contribution in [0.2, 0.25) is 0 Å². The molecule has 7 nitrogen and oxygen atoms in total. The van der Waals surface area contributed by atoms with Gasteiger partial charge in [0, 0.05) is 17.7 Å². The van der Waals surface area contributed by atoms with Crippen LogP contribution in [0.25, 0.3) is 10.9 Å². The predicted octanol–water partition coefficient (Wildman–Crippen LogP) is 3.25. The number of benzene rings is 1. The zero-order valence-corrected chi connectivity index (χ0v) is 14.9. The lowest BCUT2D eigenvalue weighted by Crippen LogP contribution is -2.43. The monoisotopic (exact) mass is 402 g/mol. The summed E-state index contributed by atoms with van der Waals surface area (Å²) in [6.45, 7) is -3.23. The Morgan fingerprint density at radius 2 is 1.75 bits per heavy atom. The molecule has 0 amide bonds. The second kappa shape index (κ2) is 8.38. The number of nitrogens with two attached hydrogens (primary N) is 1. The first-order chi connectivity index (χ1) is 13.1. The van der Waals surface area contributed by atoms with Gasteiger partial charge in [0.25, 0.3) is 0 Å². The summed E-state index contributed by atoms with van der Waals surface area (Å²) < 4.78 is 58.8. The summed E-state index contributed by atoms with van der Waals surface area (Å²) >= 11 is 0. The van der Waals surface area contributed by atoms with Crippen molar-refractivity contribution in [2.45, 2.75) is 32.7 Å². The molecule has 0 aliphatic rings. The Bertz CT molecular complexity index is 892. The molecule has 0 radical (unpaired) electrons. The third-order valence-corrected chi connectivity index (χ3v) is 4.08. The summed E-state index contributed by atoms with van der Waals surface area (Å²) in [5.74, 6) is 3.52. The van der Waals surface area contributed by atoms with E-state index < -0.39 is 36.2 Å². The molecule has 0 aliphatic carbocycles. The van der Waals surface area contributed by atoms with E-state index in [4.69, 9.17) is 11.3 Å². The maximum atomic E-state index is 12.6. The lowest BCUT2D eigenvalue weighted by Gasteiger charge is -2.31. The van der Waals surface area contributed by atoms with Gasteiger partial charge in [-0.25, -0.2) is 4.98 Å². The molecule has 0 saturated heterocycles. The summed E-state index contributed by atoms with van der Waals surface area (Å²) in [5, 5.41) is 22.2. The van der Waals surface area contributed by atoms with Gasteiger partial charge in [0.1, 0.15) is 5.71 Å². The van der Waals surface area contributed by atoms with E-state index in [1.807, 2.05) is 0 Å². The predicted molar refractivity (Wildman–Crippen MR) is 94.1 cm³/mol. The van der Waals surface area contributed by atoms with Gasteiger partial charge in [0.05, 0.1) is 11.2 Å². The van der Waals surface area contributed by atoms with Gasteiger partial charge in [-0.15, -0.1) is 0 Å². The van der Waals surface area contributed by atoms with Gasteiger partial charge >= 0.3 is 13.2 Å². The number of aromatic nitrogens is 1. The lowest BCUT2D eigenvalue weighted by molar-refractivity contribution is -0.0690. The molecule has 4 N–H and O–H groups in total. The molecule has 152 valence electrons. The van der Waals surface area contributed by atoms with Crippen LogP contribution in [0.4, 0.5) is 17.6 Å². The van der Waals surface area contributed by atoms with Crippen LogP contribution in [0.15, 0.2) is 29.4 Å². The van der Waals surface area contributed by atoms with Gasteiger partial charge in [-0.05, 0) is 18.1 Å². The molecule has 1 aromatic carbocycles. The zero-order chi connectivity index (χ0) is 21.1. The van der Waals surface area contributed by atoms with E-state index in [1.165, 1.54) is 12.1 Å². The molecule has 11 heteroatoms. The van der Waals surface area contributed by atoms with E-state index in [1.54, 1.807) is 13.8 Å². The van der Waals surface area contributed by atoms with E-state index in [0.717, 1.165) is 18.3 Å². The van der Waals surface area contributed by atoms with Crippen LogP contribution in [0.5, 0.6) is 11.5 Å². The number of ether oxygens (including phenoxy) is 2. The average Bonchev–Trinajstić information content (AvgIpc) is 2.61. The molecule has 2 aromatic rings. The first-order valence-corrected chi connectivity index (χ1v) is 7.99. The summed E-state index contributed by atoms with van der Waals surface area (Å²) in [6, 6.07) is 4.87. The first kappa shape index (κ1) is 21.4. The molecule has 28 heavy (non-hydrogen) atoms. The molecule has 1 atom stereocenters. The number of halogens is 4. The normalized spacial score (nSPS) is 14.6. The fraction of sp³-hybridized carbons (Fsp3) is 0.353. The topological polar surface area (TPSA) is 114 Å². The SMILES string of the molecule is CC(C)C(O)(C(C=N)=NN)c1ccc2cc(OC(F)F)c(OC(F)F)cc2n1. The first-order valence-electron chi connectivity index (χ1n) is 7.99. The van der Waals surface area contributed by atoms with Crippen molar-refractivity contribution >= 4 is 22.8 Å². The minimum absolute atomic E-state index is 0.0354. The number of fused-ring (bicyclic) bond motifs is 1. The van der Waals surface area contributed by atoms with Crippen molar-refractivity contribution < 1.29 is 32.1 Å². The molecule has 1 unspecified atom stereocenters. The number of hydrogen-bond acceptors (Lipinski definition) is 7. The maximum Gasteiger partial charge on any atom is 0.387 e. The van der Waals surface area contributed by atoms with Gasteiger partial charge in [-0.2, -0.15) is 22.7 Å². The van der Waals surface area contributed by atoms with Crippen LogP contribution < -0.4 is 15.3 Å². The highest BCUT2D eigenvalue weighted by Crippen LogP contribution is 2.36. The number of pyridine rings is 1. The van der Waals surface area contributed by atoms with Gasteiger partial charge in [-0.1, -0.05) is 19.9 Å². The number of hydrogen-bond donors (Lipinski definition) is 3. The molecular formula is C17H18F4N4O3.